The number of nitrogens with zero attached hydrogens (tertiary/aromatic N) is 3. The number of carbonyl (C=O) groups excluding carboxylic acids is 1. The topological polar surface area (TPSA) is 100 Å². The van der Waals surface area contributed by atoms with Crippen LogP contribution in [0.15, 0.2) is 47.6 Å². The smallest absolute Gasteiger partial charge is 0.247 e. The Morgan fingerprint density at radius 1 is 1.33 bits per heavy atom. The van der Waals surface area contributed by atoms with Gasteiger partial charge in [-0.3, -0.25) is 9.78 Å². The van der Waals surface area contributed by atoms with Crippen molar-refractivity contribution in [2.75, 3.05) is 26.7 Å². The summed E-state index contributed by atoms with van der Waals surface area (Å²) in [5.74, 6) is 5.85. The van der Waals surface area contributed by atoms with Crippen molar-refractivity contribution in [3.8, 4) is 17.6 Å². The summed E-state index contributed by atoms with van der Waals surface area (Å²) in [5, 5.41) is 9.71. The SMILES string of the molecule is CC(=O)N(C)C[C@@H]1Oc2cc(C#Cc3cccnc3)ccc2S(=O)(=O)N([C@H](C)CO)C[C@@H]1C. The molecule has 1 aliphatic heterocycles. The first-order valence-corrected chi connectivity index (χ1v) is 12.1. The summed E-state index contributed by atoms with van der Waals surface area (Å²) >= 11 is 0. The Hall–Kier alpha value is -2.93. The normalized spacial score (nSPS) is 20.8. The second kappa shape index (κ2) is 10.3. The van der Waals surface area contributed by atoms with Crippen molar-refractivity contribution in [1.29, 1.82) is 0 Å². The van der Waals surface area contributed by atoms with E-state index in [4.69, 9.17) is 4.74 Å². The van der Waals surface area contributed by atoms with Gasteiger partial charge in [-0.15, -0.1) is 0 Å². The summed E-state index contributed by atoms with van der Waals surface area (Å²) in [5.41, 5.74) is 1.32. The number of aliphatic hydroxyl groups is 1. The Kier molecular flexibility index (Phi) is 7.74. The predicted molar refractivity (Wildman–Crippen MR) is 124 cm³/mol. The summed E-state index contributed by atoms with van der Waals surface area (Å²) in [6.07, 6.45) is 2.85. The Labute approximate surface area is 195 Å². The fourth-order valence-electron chi connectivity index (χ4n) is 3.50. The van der Waals surface area contributed by atoms with Crippen molar-refractivity contribution in [3.63, 3.8) is 0 Å². The van der Waals surface area contributed by atoms with Crippen LogP contribution in [0.1, 0.15) is 31.9 Å². The standard InChI is InChI=1S/C24H29N3O5S/c1-17-14-27(18(2)16-28)33(30,31)24-10-9-20(7-8-21-6-5-11-25-13-21)12-22(24)32-23(17)15-26(4)19(3)29/h5-6,9-13,17-18,23,28H,14-16H2,1-4H3/t17-,18+,23-/m0/s1. The number of aliphatic hydroxyl groups excluding tert-OH is 1. The first kappa shape index (κ1) is 24.7. The second-order valence-corrected chi connectivity index (χ2v) is 10.2. The van der Waals surface area contributed by atoms with Crippen LogP contribution in [0.25, 0.3) is 0 Å². The summed E-state index contributed by atoms with van der Waals surface area (Å²) in [4.78, 5) is 17.4. The molecular weight excluding hydrogens is 442 g/mol. The van der Waals surface area contributed by atoms with E-state index in [0.29, 0.717) is 12.1 Å². The molecule has 0 unspecified atom stereocenters. The summed E-state index contributed by atoms with van der Waals surface area (Å²) in [6.45, 7) is 5.15. The maximum atomic E-state index is 13.5. The van der Waals surface area contributed by atoms with E-state index in [2.05, 4.69) is 16.8 Å². The van der Waals surface area contributed by atoms with E-state index in [0.717, 1.165) is 5.56 Å². The third-order valence-corrected chi connectivity index (χ3v) is 7.69. The number of ether oxygens (including phenoxy) is 1. The van der Waals surface area contributed by atoms with E-state index in [-0.39, 0.29) is 35.6 Å². The van der Waals surface area contributed by atoms with E-state index in [1.165, 1.54) is 17.3 Å². The number of aromatic nitrogens is 1. The molecule has 2 aromatic rings. The Morgan fingerprint density at radius 2 is 2.06 bits per heavy atom. The van der Waals surface area contributed by atoms with E-state index in [9.17, 15) is 18.3 Å². The number of hydrogen-bond acceptors (Lipinski definition) is 6. The number of sulfonamides is 1. The summed E-state index contributed by atoms with van der Waals surface area (Å²) in [7, 11) is -2.25. The number of hydrogen-bond donors (Lipinski definition) is 1. The van der Waals surface area contributed by atoms with Gasteiger partial charge in [-0.25, -0.2) is 8.42 Å². The van der Waals surface area contributed by atoms with Crippen LogP contribution in [0.5, 0.6) is 5.75 Å². The molecular formula is C24H29N3O5S. The first-order chi connectivity index (χ1) is 15.6. The highest BCUT2D eigenvalue weighted by Gasteiger charge is 2.38. The second-order valence-electron chi connectivity index (χ2n) is 8.29. The van der Waals surface area contributed by atoms with Crippen molar-refractivity contribution in [2.45, 2.75) is 37.8 Å². The highest BCUT2D eigenvalue weighted by Crippen LogP contribution is 2.34. The monoisotopic (exact) mass is 471 g/mol. The molecule has 1 aliphatic rings. The molecule has 0 fully saturated rings. The maximum Gasteiger partial charge on any atom is 0.247 e. The molecule has 0 saturated heterocycles. The molecule has 33 heavy (non-hydrogen) atoms. The van der Waals surface area contributed by atoms with Crippen LogP contribution in [-0.4, -0.2) is 72.5 Å². The van der Waals surface area contributed by atoms with Crippen LogP contribution >= 0.6 is 0 Å². The van der Waals surface area contributed by atoms with Crippen LogP contribution in [0.2, 0.25) is 0 Å². The average Bonchev–Trinajstić information content (AvgIpc) is 2.79. The van der Waals surface area contributed by atoms with Gasteiger partial charge in [-0.2, -0.15) is 4.31 Å². The predicted octanol–water partition coefficient (Wildman–Crippen LogP) is 1.73. The summed E-state index contributed by atoms with van der Waals surface area (Å²) in [6, 6.07) is 7.73. The molecule has 1 aromatic heterocycles. The lowest BCUT2D eigenvalue weighted by Gasteiger charge is -2.37. The van der Waals surface area contributed by atoms with Gasteiger partial charge in [0.05, 0.1) is 13.2 Å². The zero-order valence-electron chi connectivity index (χ0n) is 19.2. The van der Waals surface area contributed by atoms with E-state index in [1.54, 1.807) is 49.5 Å². The molecule has 176 valence electrons. The fraction of sp³-hybridized carbons (Fsp3) is 0.417. The number of pyridine rings is 1. The number of carbonyl (C=O) groups is 1. The Morgan fingerprint density at radius 3 is 2.70 bits per heavy atom. The lowest BCUT2D eigenvalue weighted by molar-refractivity contribution is -0.129. The van der Waals surface area contributed by atoms with Crippen molar-refractivity contribution < 1.29 is 23.1 Å². The van der Waals surface area contributed by atoms with Crippen molar-refractivity contribution in [3.05, 3.63) is 53.9 Å². The number of likely N-dealkylation sites (N-methyl/N-ethyl adjacent to an activating group) is 1. The number of benzene rings is 1. The molecule has 3 atom stereocenters. The van der Waals surface area contributed by atoms with Crippen molar-refractivity contribution in [1.82, 2.24) is 14.2 Å². The number of fused-ring (bicyclic) bond motifs is 1. The molecule has 1 amide bonds. The van der Waals surface area contributed by atoms with E-state index in [1.807, 2.05) is 13.0 Å². The minimum absolute atomic E-state index is 0.0112. The van der Waals surface area contributed by atoms with Crippen LogP contribution < -0.4 is 4.74 Å². The van der Waals surface area contributed by atoms with Gasteiger partial charge in [0.1, 0.15) is 16.7 Å². The molecule has 1 N–H and O–H groups in total. The Balaban J connectivity index is 2.08. The van der Waals surface area contributed by atoms with Crippen LogP contribution in [0, 0.1) is 17.8 Å². The molecule has 0 spiro atoms. The molecule has 0 aliphatic carbocycles. The lowest BCUT2D eigenvalue weighted by atomic mass is 10.0. The van der Waals surface area contributed by atoms with Gasteiger partial charge in [-0.1, -0.05) is 18.8 Å². The zero-order valence-corrected chi connectivity index (χ0v) is 20.0. The average molecular weight is 472 g/mol. The van der Waals surface area contributed by atoms with Gasteiger partial charge in [0.25, 0.3) is 0 Å². The van der Waals surface area contributed by atoms with E-state index < -0.39 is 22.2 Å². The molecule has 8 nitrogen and oxygen atoms in total. The molecule has 2 heterocycles. The minimum Gasteiger partial charge on any atom is -0.487 e. The van der Waals surface area contributed by atoms with Gasteiger partial charge in [0.2, 0.25) is 15.9 Å². The quantitative estimate of drug-likeness (QED) is 0.682. The third-order valence-electron chi connectivity index (χ3n) is 5.67. The Bertz CT molecular complexity index is 1160. The van der Waals surface area contributed by atoms with Gasteiger partial charge >= 0.3 is 0 Å². The lowest BCUT2D eigenvalue weighted by Crippen LogP contribution is -2.50. The van der Waals surface area contributed by atoms with Crippen LogP contribution in [-0.2, 0) is 14.8 Å². The van der Waals surface area contributed by atoms with E-state index >= 15 is 0 Å². The number of amides is 1. The molecule has 0 saturated carbocycles. The van der Waals surface area contributed by atoms with Crippen molar-refractivity contribution in [2.24, 2.45) is 5.92 Å². The molecule has 9 heteroatoms. The van der Waals surface area contributed by atoms with Crippen LogP contribution in [0.4, 0.5) is 0 Å². The largest absolute Gasteiger partial charge is 0.487 e. The number of rotatable bonds is 4. The first-order valence-electron chi connectivity index (χ1n) is 10.7. The summed E-state index contributed by atoms with van der Waals surface area (Å²) < 4.78 is 34.5. The molecule has 1 aromatic carbocycles. The molecule has 0 bridgehead atoms. The van der Waals surface area contributed by atoms with Crippen LogP contribution in [0.3, 0.4) is 0 Å². The third kappa shape index (κ3) is 5.71. The minimum atomic E-state index is -3.93. The maximum absolute atomic E-state index is 13.5. The van der Waals surface area contributed by atoms with Gasteiger partial charge in [-0.05, 0) is 37.3 Å². The van der Waals surface area contributed by atoms with Gasteiger partial charge in [0.15, 0.2) is 0 Å². The molecule has 0 radical (unpaired) electrons. The fourth-order valence-corrected chi connectivity index (χ4v) is 5.33. The van der Waals surface area contributed by atoms with Crippen molar-refractivity contribution >= 4 is 15.9 Å². The molecule has 3 rings (SSSR count). The zero-order chi connectivity index (χ0) is 24.2. The highest BCUT2D eigenvalue weighted by atomic mass is 32.2. The highest BCUT2D eigenvalue weighted by molar-refractivity contribution is 7.89. The van der Waals surface area contributed by atoms with Gasteiger partial charge in [0, 0.05) is 56.0 Å². The van der Waals surface area contributed by atoms with Gasteiger partial charge < -0.3 is 14.7 Å².